The van der Waals surface area contributed by atoms with Crippen molar-refractivity contribution in [2.24, 2.45) is 0 Å². The van der Waals surface area contributed by atoms with Gasteiger partial charge in [-0.25, -0.2) is 0 Å². The Labute approximate surface area is 181 Å². The van der Waals surface area contributed by atoms with Crippen LogP contribution in [0.2, 0.25) is 0 Å². The van der Waals surface area contributed by atoms with E-state index in [4.69, 9.17) is 0 Å². The molecule has 0 radical (unpaired) electrons. The van der Waals surface area contributed by atoms with Gasteiger partial charge in [0.1, 0.15) is 0 Å². The van der Waals surface area contributed by atoms with Gasteiger partial charge in [-0.3, -0.25) is 14.2 Å². The molecule has 1 aliphatic rings. The van der Waals surface area contributed by atoms with Gasteiger partial charge in [0.05, 0.1) is 6.04 Å². The Morgan fingerprint density at radius 1 is 1.00 bits per heavy atom. The third kappa shape index (κ3) is 3.56. The van der Waals surface area contributed by atoms with Crippen LogP contribution in [-0.4, -0.2) is 45.1 Å². The molecule has 4 rings (SSSR count). The summed E-state index contributed by atoms with van der Waals surface area (Å²) in [7, 11) is 1.66. The van der Waals surface area contributed by atoms with Crippen LogP contribution in [0.15, 0.2) is 65.5 Å². The average molecular weight is 418 g/mol. The monoisotopic (exact) mass is 418 g/mol. The van der Waals surface area contributed by atoms with Crippen molar-refractivity contribution in [1.82, 2.24) is 14.5 Å². The number of nitrogens with one attached hydrogen (secondary N) is 1. The zero-order valence-corrected chi connectivity index (χ0v) is 17.8. The number of anilines is 1. The van der Waals surface area contributed by atoms with Gasteiger partial charge in [0.2, 0.25) is 11.7 Å². The predicted molar refractivity (Wildman–Crippen MR) is 120 cm³/mol. The molecule has 0 saturated heterocycles. The molecule has 2 aromatic carbocycles. The van der Waals surface area contributed by atoms with Crippen LogP contribution in [0.5, 0.6) is 5.75 Å². The summed E-state index contributed by atoms with van der Waals surface area (Å²) in [5.74, 6) is -0.860. The number of aromatic nitrogens is 2. The number of benzene rings is 2. The molecule has 0 aliphatic carbocycles. The van der Waals surface area contributed by atoms with Crippen LogP contribution < -0.4 is 10.9 Å². The first-order valence-electron chi connectivity index (χ1n) is 10.4. The molecular weight excluding hydrogens is 392 g/mol. The number of rotatable bonds is 5. The highest BCUT2D eigenvalue weighted by molar-refractivity contribution is 5.96. The second-order valence-corrected chi connectivity index (χ2v) is 7.98. The minimum Gasteiger partial charge on any atom is -0.501 e. The highest BCUT2D eigenvalue weighted by Gasteiger charge is 2.41. The Hall–Kier alpha value is -3.61. The highest BCUT2D eigenvalue weighted by Crippen LogP contribution is 2.41. The molecule has 1 atom stereocenters. The Bertz CT molecular complexity index is 1100. The summed E-state index contributed by atoms with van der Waals surface area (Å²) in [6, 6.07) is 19.7. The number of amides is 1. The summed E-state index contributed by atoms with van der Waals surface area (Å²) in [6.45, 7) is 4.27. The fraction of sp³-hybridized carbons (Fsp3) is 0.292. The largest absolute Gasteiger partial charge is 0.501 e. The molecular formula is C24H26N4O3. The third-order valence-corrected chi connectivity index (χ3v) is 5.83. The van der Waals surface area contributed by atoms with Crippen molar-refractivity contribution < 1.29 is 9.90 Å². The first-order chi connectivity index (χ1) is 14.9. The van der Waals surface area contributed by atoms with Crippen LogP contribution >= 0.6 is 0 Å². The second-order valence-electron chi connectivity index (χ2n) is 7.98. The lowest BCUT2D eigenvalue weighted by molar-refractivity contribution is 0.0588. The van der Waals surface area contributed by atoms with E-state index in [2.05, 4.69) is 34.6 Å². The molecule has 1 amide bonds. The van der Waals surface area contributed by atoms with Crippen molar-refractivity contribution in [1.29, 1.82) is 0 Å². The lowest BCUT2D eigenvalue weighted by atomic mass is 9.83. The number of aromatic hydroxyl groups is 1. The van der Waals surface area contributed by atoms with Crippen molar-refractivity contribution in [3.63, 3.8) is 0 Å². The van der Waals surface area contributed by atoms with Crippen LogP contribution in [0.25, 0.3) is 0 Å². The average Bonchev–Trinajstić information content (AvgIpc) is 2.78. The first kappa shape index (κ1) is 20.7. The van der Waals surface area contributed by atoms with Crippen LogP contribution in [0.3, 0.4) is 0 Å². The topological polar surface area (TPSA) is 87.5 Å². The summed E-state index contributed by atoms with van der Waals surface area (Å²) in [5, 5.41) is 13.5. The Kier molecular flexibility index (Phi) is 5.50. The minimum absolute atomic E-state index is 0.0221. The SMILES string of the molecule is CNc1nc(=O)c(O)c2n1[C@@H](C(c1ccccc1)c1ccccc1)CN(C(C)C)C2=O. The lowest BCUT2D eigenvalue weighted by Gasteiger charge is -2.42. The number of carbonyl (C=O) groups is 1. The molecule has 0 fully saturated rings. The van der Waals surface area contributed by atoms with Gasteiger partial charge in [-0.05, 0) is 25.0 Å². The number of hydrogen-bond donors (Lipinski definition) is 2. The second kappa shape index (κ2) is 8.26. The molecule has 2 heterocycles. The Morgan fingerprint density at radius 3 is 2.03 bits per heavy atom. The number of carbonyl (C=O) groups excluding carboxylic acids is 1. The van der Waals surface area contributed by atoms with Crippen LogP contribution in [0.1, 0.15) is 47.4 Å². The van der Waals surface area contributed by atoms with Gasteiger partial charge in [0.25, 0.3) is 5.91 Å². The number of nitrogens with zero attached hydrogens (tertiary/aromatic N) is 3. The maximum atomic E-state index is 13.3. The van der Waals surface area contributed by atoms with E-state index in [1.165, 1.54) is 0 Å². The highest BCUT2D eigenvalue weighted by atomic mass is 16.3. The van der Waals surface area contributed by atoms with Gasteiger partial charge in [-0.15, -0.1) is 0 Å². The third-order valence-electron chi connectivity index (χ3n) is 5.83. The predicted octanol–water partition coefficient (Wildman–Crippen LogP) is 3.23. The summed E-state index contributed by atoms with van der Waals surface area (Å²) in [4.78, 5) is 31.3. The molecule has 31 heavy (non-hydrogen) atoms. The van der Waals surface area contributed by atoms with E-state index in [1.54, 1.807) is 16.5 Å². The molecule has 160 valence electrons. The molecule has 1 aliphatic heterocycles. The van der Waals surface area contributed by atoms with Gasteiger partial charge in [-0.1, -0.05) is 60.7 Å². The van der Waals surface area contributed by atoms with E-state index in [0.29, 0.717) is 6.54 Å². The van der Waals surface area contributed by atoms with E-state index in [-0.39, 0.29) is 35.6 Å². The zero-order chi connectivity index (χ0) is 22.1. The van der Waals surface area contributed by atoms with Gasteiger partial charge >= 0.3 is 5.56 Å². The molecule has 7 heteroatoms. The molecule has 0 spiro atoms. The normalized spacial score (nSPS) is 16.0. The van der Waals surface area contributed by atoms with E-state index in [1.807, 2.05) is 50.2 Å². The maximum absolute atomic E-state index is 13.3. The van der Waals surface area contributed by atoms with Gasteiger partial charge in [-0.2, -0.15) is 4.98 Å². The van der Waals surface area contributed by atoms with Crippen molar-refractivity contribution in [2.75, 3.05) is 18.9 Å². The van der Waals surface area contributed by atoms with Crippen LogP contribution in [0.4, 0.5) is 5.95 Å². The summed E-state index contributed by atoms with van der Waals surface area (Å²) in [5.41, 5.74) is 1.31. The van der Waals surface area contributed by atoms with Crippen molar-refractivity contribution in [3.05, 3.63) is 87.8 Å². The Morgan fingerprint density at radius 2 is 1.55 bits per heavy atom. The summed E-state index contributed by atoms with van der Waals surface area (Å²) >= 11 is 0. The first-order valence-corrected chi connectivity index (χ1v) is 10.4. The van der Waals surface area contributed by atoms with Crippen molar-refractivity contribution in [2.45, 2.75) is 31.8 Å². The molecule has 0 bridgehead atoms. The lowest BCUT2D eigenvalue weighted by Crippen LogP contribution is -2.49. The van der Waals surface area contributed by atoms with Crippen molar-refractivity contribution >= 4 is 11.9 Å². The molecule has 3 aromatic rings. The van der Waals surface area contributed by atoms with Gasteiger partial charge < -0.3 is 15.3 Å². The van der Waals surface area contributed by atoms with Gasteiger partial charge in [0, 0.05) is 25.6 Å². The molecule has 0 unspecified atom stereocenters. The maximum Gasteiger partial charge on any atom is 0.317 e. The van der Waals surface area contributed by atoms with E-state index >= 15 is 0 Å². The van der Waals surface area contributed by atoms with E-state index < -0.39 is 11.3 Å². The van der Waals surface area contributed by atoms with Gasteiger partial charge in [0.15, 0.2) is 5.69 Å². The molecule has 7 nitrogen and oxygen atoms in total. The smallest absolute Gasteiger partial charge is 0.317 e. The standard InChI is InChI=1S/C24H26N4O3/c1-15(2)27-14-18(28-20(23(27)31)21(29)22(30)26-24(28)25-3)19(16-10-6-4-7-11-16)17-12-8-5-9-13-17/h4-13,15,18-19,29H,14H2,1-3H3,(H,25,26,30)/t18-/m1/s1. The fourth-order valence-electron chi connectivity index (χ4n) is 4.39. The quantitative estimate of drug-likeness (QED) is 0.664. The van der Waals surface area contributed by atoms with E-state index in [9.17, 15) is 14.7 Å². The zero-order valence-electron chi connectivity index (χ0n) is 17.8. The summed E-state index contributed by atoms with van der Waals surface area (Å²) in [6.07, 6.45) is 0. The van der Waals surface area contributed by atoms with Crippen molar-refractivity contribution in [3.8, 4) is 5.75 Å². The number of fused-ring (bicyclic) bond motifs is 1. The summed E-state index contributed by atoms with van der Waals surface area (Å²) < 4.78 is 1.70. The molecule has 2 N–H and O–H groups in total. The number of hydrogen-bond acceptors (Lipinski definition) is 5. The minimum atomic E-state index is -0.815. The van der Waals surface area contributed by atoms with E-state index in [0.717, 1.165) is 11.1 Å². The van der Waals surface area contributed by atoms with Crippen LogP contribution in [0, 0.1) is 0 Å². The molecule has 1 aromatic heterocycles. The van der Waals surface area contributed by atoms with Crippen LogP contribution in [-0.2, 0) is 0 Å². The Balaban J connectivity index is 2.02. The molecule has 0 saturated carbocycles. The fourth-order valence-corrected chi connectivity index (χ4v) is 4.39.